The summed E-state index contributed by atoms with van der Waals surface area (Å²) in [6.07, 6.45) is -3.97. The van der Waals surface area contributed by atoms with Gasteiger partial charge in [-0.2, -0.15) is 13.2 Å². The fraction of sp³-hybridized carbons (Fsp3) is 0.308. The average molecular weight is 300 g/mol. The van der Waals surface area contributed by atoms with Crippen LogP contribution in [0.25, 0.3) is 11.3 Å². The van der Waals surface area contributed by atoms with Crippen molar-refractivity contribution >= 4 is 5.82 Å². The number of benzene rings is 1. The number of nitrogen functional groups attached to an aromatic ring is 1. The van der Waals surface area contributed by atoms with Crippen molar-refractivity contribution in [3.63, 3.8) is 0 Å². The predicted octanol–water partition coefficient (Wildman–Crippen LogP) is 3.10. The SMILES string of the molecule is Nc1cc(-c2cc3c(cc2C(F)(F)F)OCCCO3)on1. The van der Waals surface area contributed by atoms with Gasteiger partial charge in [0.25, 0.3) is 0 Å². The van der Waals surface area contributed by atoms with E-state index >= 15 is 0 Å². The molecule has 2 heterocycles. The number of anilines is 1. The summed E-state index contributed by atoms with van der Waals surface area (Å²) >= 11 is 0. The number of aromatic nitrogens is 1. The van der Waals surface area contributed by atoms with Gasteiger partial charge in [-0.3, -0.25) is 0 Å². The van der Waals surface area contributed by atoms with E-state index in [1.165, 1.54) is 12.1 Å². The molecular formula is C13H11F3N2O3. The second-order valence-corrected chi connectivity index (χ2v) is 4.51. The molecule has 0 radical (unpaired) electrons. The van der Waals surface area contributed by atoms with E-state index in [-0.39, 0.29) is 28.6 Å². The molecular weight excluding hydrogens is 289 g/mol. The standard InChI is InChI=1S/C13H11F3N2O3/c14-13(15,16)8-5-11-10(19-2-1-3-20-11)4-7(8)9-6-12(17)18-21-9/h4-6H,1-3H2,(H2,17,18). The lowest BCUT2D eigenvalue weighted by Gasteiger charge is -2.15. The minimum atomic E-state index is -4.57. The minimum Gasteiger partial charge on any atom is -0.490 e. The normalized spacial score (nSPS) is 14.8. The topological polar surface area (TPSA) is 70.5 Å². The summed E-state index contributed by atoms with van der Waals surface area (Å²) in [5.74, 6) is 0.238. The average Bonchev–Trinajstić information content (AvgIpc) is 2.71. The van der Waals surface area contributed by atoms with Crippen LogP contribution in [0, 0.1) is 0 Å². The van der Waals surface area contributed by atoms with Gasteiger partial charge in [0, 0.05) is 18.1 Å². The highest BCUT2D eigenvalue weighted by atomic mass is 19.4. The number of ether oxygens (including phenoxy) is 2. The molecule has 2 N–H and O–H groups in total. The van der Waals surface area contributed by atoms with Crippen LogP contribution in [0.15, 0.2) is 22.7 Å². The minimum absolute atomic E-state index is 0.00485. The maximum atomic E-state index is 13.2. The van der Waals surface area contributed by atoms with Crippen LogP contribution in [0.4, 0.5) is 19.0 Å². The summed E-state index contributed by atoms with van der Waals surface area (Å²) in [7, 11) is 0. The lowest BCUT2D eigenvalue weighted by Crippen LogP contribution is -2.08. The molecule has 0 bridgehead atoms. The zero-order valence-electron chi connectivity index (χ0n) is 10.7. The van der Waals surface area contributed by atoms with Crippen molar-refractivity contribution in [1.82, 2.24) is 5.16 Å². The highest BCUT2D eigenvalue weighted by molar-refractivity contribution is 5.69. The Morgan fingerprint density at radius 1 is 1.05 bits per heavy atom. The zero-order valence-corrected chi connectivity index (χ0v) is 10.7. The Morgan fingerprint density at radius 3 is 2.29 bits per heavy atom. The molecule has 0 aliphatic carbocycles. The highest BCUT2D eigenvalue weighted by Crippen LogP contribution is 2.44. The Kier molecular flexibility index (Phi) is 3.15. The van der Waals surface area contributed by atoms with Crippen molar-refractivity contribution in [2.75, 3.05) is 18.9 Å². The van der Waals surface area contributed by atoms with Gasteiger partial charge in [-0.05, 0) is 12.1 Å². The summed E-state index contributed by atoms with van der Waals surface area (Å²) in [5.41, 5.74) is 4.33. The van der Waals surface area contributed by atoms with E-state index in [1.807, 2.05) is 0 Å². The molecule has 0 saturated carbocycles. The molecule has 0 spiro atoms. The molecule has 1 aliphatic rings. The van der Waals surface area contributed by atoms with E-state index < -0.39 is 11.7 Å². The lowest BCUT2D eigenvalue weighted by atomic mass is 10.0. The number of nitrogens with zero attached hydrogens (tertiary/aromatic N) is 1. The summed E-state index contributed by atoms with van der Waals surface area (Å²) < 4.78 is 55.2. The van der Waals surface area contributed by atoms with Gasteiger partial charge in [-0.25, -0.2) is 0 Å². The molecule has 5 nitrogen and oxygen atoms in total. The molecule has 0 atom stereocenters. The summed E-state index contributed by atoms with van der Waals surface area (Å²) in [5, 5.41) is 3.41. The van der Waals surface area contributed by atoms with Crippen LogP contribution in [0.3, 0.4) is 0 Å². The molecule has 0 unspecified atom stereocenters. The second-order valence-electron chi connectivity index (χ2n) is 4.51. The fourth-order valence-electron chi connectivity index (χ4n) is 2.06. The van der Waals surface area contributed by atoms with Crippen LogP contribution in [0.1, 0.15) is 12.0 Å². The first-order valence-corrected chi connectivity index (χ1v) is 6.18. The van der Waals surface area contributed by atoms with Crippen LogP contribution in [0.2, 0.25) is 0 Å². The number of hydrogen-bond donors (Lipinski definition) is 1. The predicted molar refractivity (Wildman–Crippen MR) is 67.0 cm³/mol. The first-order valence-electron chi connectivity index (χ1n) is 6.18. The molecule has 1 aromatic carbocycles. The summed E-state index contributed by atoms with van der Waals surface area (Å²) in [4.78, 5) is 0. The van der Waals surface area contributed by atoms with E-state index in [4.69, 9.17) is 19.7 Å². The van der Waals surface area contributed by atoms with E-state index in [0.29, 0.717) is 19.6 Å². The van der Waals surface area contributed by atoms with Gasteiger partial charge in [0.15, 0.2) is 23.1 Å². The van der Waals surface area contributed by atoms with Crippen molar-refractivity contribution in [3.05, 3.63) is 23.8 Å². The van der Waals surface area contributed by atoms with Crippen LogP contribution in [-0.4, -0.2) is 18.4 Å². The summed E-state index contributed by atoms with van der Waals surface area (Å²) in [6, 6.07) is 3.38. The van der Waals surface area contributed by atoms with Crippen molar-refractivity contribution < 1.29 is 27.2 Å². The smallest absolute Gasteiger partial charge is 0.417 e. The molecule has 0 saturated heterocycles. The monoisotopic (exact) mass is 300 g/mol. The number of alkyl halides is 3. The quantitative estimate of drug-likeness (QED) is 0.876. The van der Waals surface area contributed by atoms with E-state index in [1.54, 1.807) is 0 Å². The second kappa shape index (κ2) is 4.87. The molecule has 0 fully saturated rings. The van der Waals surface area contributed by atoms with Crippen LogP contribution in [-0.2, 0) is 6.18 Å². The Morgan fingerprint density at radius 2 is 1.71 bits per heavy atom. The number of halogens is 3. The third-order valence-corrected chi connectivity index (χ3v) is 2.99. The molecule has 112 valence electrons. The van der Waals surface area contributed by atoms with Crippen LogP contribution in [0.5, 0.6) is 11.5 Å². The Bertz CT molecular complexity index is 667. The third kappa shape index (κ3) is 2.61. The third-order valence-electron chi connectivity index (χ3n) is 2.99. The molecule has 21 heavy (non-hydrogen) atoms. The van der Waals surface area contributed by atoms with Crippen LogP contribution >= 0.6 is 0 Å². The Hall–Kier alpha value is -2.38. The largest absolute Gasteiger partial charge is 0.490 e. The molecule has 3 rings (SSSR count). The van der Waals surface area contributed by atoms with E-state index in [2.05, 4.69) is 5.16 Å². The maximum absolute atomic E-state index is 13.2. The van der Waals surface area contributed by atoms with Gasteiger partial charge in [-0.1, -0.05) is 5.16 Å². The molecule has 1 aromatic heterocycles. The highest BCUT2D eigenvalue weighted by Gasteiger charge is 2.36. The Labute approximate surface area is 117 Å². The molecule has 1 aliphatic heterocycles. The van der Waals surface area contributed by atoms with Crippen molar-refractivity contribution in [1.29, 1.82) is 0 Å². The number of hydrogen-bond acceptors (Lipinski definition) is 5. The van der Waals surface area contributed by atoms with Gasteiger partial charge >= 0.3 is 6.18 Å². The Balaban J connectivity index is 2.18. The molecule has 0 amide bonds. The van der Waals surface area contributed by atoms with Crippen molar-refractivity contribution in [3.8, 4) is 22.8 Å². The van der Waals surface area contributed by atoms with Crippen molar-refractivity contribution in [2.24, 2.45) is 0 Å². The number of fused-ring (bicyclic) bond motifs is 1. The maximum Gasteiger partial charge on any atom is 0.417 e. The van der Waals surface area contributed by atoms with Gasteiger partial charge < -0.3 is 19.7 Å². The first kappa shape index (κ1) is 13.6. The van der Waals surface area contributed by atoms with E-state index in [0.717, 1.165) is 6.07 Å². The number of rotatable bonds is 1. The van der Waals surface area contributed by atoms with E-state index in [9.17, 15) is 13.2 Å². The van der Waals surface area contributed by atoms with Crippen LogP contribution < -0.4 is 15.2 Å². The number of nitrogens with two attached hydrogens (primary N) is 1. The lowest BCUT2D eigenvalue weighted by molar-refractivity contribution is -0.137. The van der Waals surface area contributed by atoms with Gasteiger partial charge in [0.2, 0.25) is 0 Å². The van der Waals surface area contributed by atoms with Gasteiger partial charge in [-0.15, -0.1) is 0 Å². The van der Waals surface area contributed by atoms with Gasteiger partial charge in [0.05, 0.1) is 18.8 Å². The van der Waals surface area contributed by atoms with Gasteiger partial charge in [0.1, 0.15) is 0 Å². The molecule has 2 aromatic rings. The molecule has 8 heteroatoms. The van der Waals surface area contributed by atoms with Crippen molar-refractivity contribution in [2.45, 2.75) is 12.6 Å². The fourth-order valence-corrected chi connectivity index (χ4v) is 2.06. The zero-order chi connectivity index (χ0) is 15.0. The first-order chi connectivity index (χ1) is 9.95. The summed E-state index contributed by atoms with van der Waals surface area (Å²) in [6.45, 7) is 0.676.